The maximum atomic E-state index is 5.81. The first-order chi connectivity index (χ1) is 63.5. The number of fused-ring (bicyclic) bond motifs is 2. The Balaban J connectivity index is 0.000000409. The predicted molar refractivity (Wildman–Crippen MR) is 640 cm³/mol. The molecule has 11 aromatic rings. The number of hydrogen-bond acceptors (Lipinski definition) is 8. The summed E-state index contributed by atoms with van der Waals surface area (Å²) in [4.78, 5) is 30.2. The number of nitrogens with one attached hydrogen (secondary N) is 1. The average Bonchev–Trinajstić information content (AvgIpc) is 1.65. The molecule has 1 aliphatic rings. The number of hydrogen-bond donors (Lipinski definition) is 1. The average molecular weight is 1990 g/mol. The van der Waals surface area contributed by atoms with Crippen molar-refractivity contribution < 1.29 is 4.42 Å². The third kappa shape index (κ3) is 42.8. The predicted octanol–water partition coefficient (Wildman–Crippen LogP) is 40.5. The highest BCUT2D eigenvalue weighted by atomic mass is 32.1. The lowest BCUT2D eigenvalue weighted by atomic mass is 9.80. The number of pyridine rings is 1. The molecule has 143 heavy (non-hydrogen) atoms. The zero-order chi connectivity index (χ0) is 112. The van der Waals surface area contributed by atoms with Crippen LogP contribution >= 0.6 is 22.7 Å². The van der Waals surface area contributed by atoms with Crippen LogP contribution in [0.2, 0.25) is 0 Å². The van der Waals surface area contributed by atoms with Crippen LogP contribution in [0.15, 0.2) is 180 Å². The Bertz CT molecular complexity index is 5070. The Morgan fingerprint density at radius 1 is 0.238 bits per heavy atom. The smallest absolute Gasteiger partial charge is 0.133 e. The van der Waals surface area contributed by atoms with Crippen molar-refractivity contribution in [3.05, 3.63) is 275 Å². The summed E-state index contributed by atoms with van der Waals surface area (Å²) in [6.07, 6.45) is 15.4. The van der Waals surface area contributed by atoms with E-state index in [9.17, 15) is 0 Å². The zero-order valence-electron chi connectivity index (χ0n) is 104. The molecule has 0 saturated carbocycles. The molecule has 0 saturated heterocycles. The van der Waals surface area contributed by atoms with E-state index in [0.717, 1.165) is 34.4 Å². The van der Waals surface area contributed by atoms with Crippen LogP contribution in [0, 0.1) is 10.8 Å². The highest BCUT2D eigenvalue weighted by molar-refractivity contribution is 7.19. The standard InChI is InChI=1S/C16H23N.C16H22S.C14H22.C13H23N.C13H21N.C13H22.2C12H20N2.C12H20O.C12H20S/c2*1-15(2,3)12-8-7-11-9-14(16(4,5)6)17-13(11)10-12;1-13(2,3)11-7-9-12(10-8-11)14(4,5)6;1-12(2,3)10-8-9-11(14(10)7)13(4,5)6;1-12(2,3)10-7-8-11(14-9-10)13(4,5)6;1-12(2,3)10-7-8-11(9-10)13(4,5)6;1-11(2,3)9-7-14-10(8-13-9)12(4,5)6;1-11(2,3)9-7-13-10(14-8-9)12(4,5)6;2*1-11(2,3)9-7-8-10(13-9)12(4,5)6/h7-10,17H,1-6H3;7-10H,1-6H3;7-10H,1-6H3;8-9H,1-7H3;7-9H,1-6H3;7-8H,9H2,1-6H3;2*7-8H,1-6H3;2*7-8H,1-6H3. The maximum Gasteiger partial charge on any atom is 0.133 e. The van der Waals surface area contributed by atoms with Crippen LogP contribution in [-0.4, -0.2) is 34.5 Å². The monoisotopic (exact) mass is 1990 g/mol. The number of H-pyrrole nitrogens is 1. The molecule has 3 aromatic carbocycles. The van der Waals surface area contributed by atoms with Gasteiger partial charge in [-0.1, -0.05) is 493 Å². The molecule has 0 fully saturated rings. The summed E-state index contributed by atoms with van der Waals surface area (Å²) >= 11 is 3.88. The third-order valence-electron chi connectivity index (χ3n) is 25.4. The van der Waals surface area contributed by atoms with E-state index >= 15 is 0 Å². The first-order valence-corrected chi connectivity index (χ1v) is 54.8. The first-order valence-electron chi connectivity index (χ1n) is 53.2. The summed E-state index contributed by atoms with van der Waals surface area (Å²) in [5.41, 5.74) is 23.9. The molecular formula is C133H213N7OS2. The van der Waals surface area contributed by atoms with E-state index in [1.165, 1.54) is 92.5 Å². The van der Waals surface area contributed by atoms with Crippen LogP contribution in [0.4, 0.5) is 0 Å². The molecule has 8 nitrogen and oxygen atoms in total. The fourth-order valence-corrected chi connectivity index (χ4v) is 17.0. The Kier molecular flexibility index (Phi) is 42.9. The summed E-state index contributed by atoms with van der Waals surface area (Å²) in [7, 11) is 2.17. The minimum absolute atomic E-state index is 0.0381. The van der Waals surface area contributed by atoms with Crippen molar-refractivity contribution in [1.29, 1.82) is 0 Å². The highest BCUT2D eigenvalue weighted by Gasteiger charge is 2.32. The molecule has 8 aromatic heterocycles. The molecule has 0 spiro atoms. The largest absolute Gasteiger partial charge is 0.465 e. The summed E-state index contributed by atoms with van der Waals surface area (Å²) < 4.78 is 9.56. The van der Waals surface area contributed by atoms with Crippen molar-refractivity contribution >= 4 is 43.7 Å². The number of rotatable bonds is 0. The fourth-order valence-electron chi connectivity index (χ4n) is 14.7. The van der Waals surface area contributed by atoms with Gasteiger partial charge in [-0.15, -0.1) is 22.7 Å². The van der Waals surface area contributed by atoms with Gasteiger partial charge in [0.05, 0.1) is 11.4 Å². The Hall–Kier alpha value is -7.79. The Morgan fingerprint density at radius 2 is 0.559 bits per heavy atom. The molecule has 1 N–H and O–H groups in total. The topological polar surface area (TPSA) is 98.3 Å². The molecule has 12 rings (SSSR count). The number of nitrogens with zero attached hydrogens (tertiary/aromatic N) is 6. The molecule has 0 unspecified atom stereocenters. The van der Waals surface area contributed by atoms with Gasteiger partial charge in [-0.3, -0.25) is 15.0 Å². The molecule has 0 aliphatic heterocycles. The van der Waals surface area contributed by atoms with Gasteiger partial charge in [-0.25, -0.2) is 9.97 Å². The SMILES string of the molecule is CC(C)(C)C1=CC=C(C(C)(C)C)C1.CC(C)(C)c1ccc(C(C)(C)C)cc1.CC(C)(C)c1ccc(C(C)(C)C)nc1.CC(C)(C)c1ccc(C(C)(C)C)o1.CC(C)(C)c1ccc(C(C)(C)C)s1.CC(C)(C)c1ccc2cc(C(C)(C)C)[nH]c2c1.CC(C)(C)c1ccc2cc(C(C)(C)C)sc2c1.CC(C)(C)c1cnc(C(C)(C)C)cn1.CC(C)(C)c1cnc(C(C)(C)C)nc1.Cn1c(C(C)(C)C)ccc1C(C)(C)C. The highest BCUT2D eigenvalue weighted by Crippen LogP contribution is 2.44. The number of allylic oxidation sites excluding steroid dienone is 4. The van der Waals surface area contributed by atoms with Gasteiger partial charge in [0.1, 0.15) is 17.3 Å². The quantitative estimate of drug-likeness (QED) is 0.162. The molecular weight excluding hydrogens is 1780 g/mol. The summed E-state index contributed by atoms with van der Waals surface area (Å²) in [5.74, 6) is 3.04. The van der Waals surface area contributed by atoms with Crippen LogP contribution in [0.1, 0.15) is 521 Å². The molecule has 1 aliphatic carbocycles. The number of furan rings is 1. The van der Waals surface area contributed by atoms with E-state index in [1.54, 1.807) is 11.1 Å². The molecule has 798 valence electrons. The van der Waals surface area contributed by atoms with Gasteiger partial charge < -0.3 is 14.0 Å². The Labute approximate surface area is 888 Å². The van der Waals surface area contributed by atoms with E-state index < -0.39 is 0 Å². The lowest BCUT2D eigenvalue weighted by Gasteiger charge is -2.25. The molecule has 10 heteroatoms. The second kappa shape index (κ2) is 47.4. The number of aromatic amines is 1. The van der Waals surface area contributed by atoms with Crippen LogP contribution in [0.3, 0.4) is 0 Å². The third-order valence-corrected chi connectivity index (χ3v) is 28.9. The van der Waals surface area contributed by atoms with Crippen LogP contribution in [0.25, 0.3) is 21.0 Å². The van der Waals surface area contributed by atoms with Crippen molar-refractivity contribution in [2.24, 2.45) is 17.9 Å². The van der Waals surface area contributed by atoms with Gasteiger partial charge in [0.15, 0.2) is 0 Å². The fraction of sp³-hybridized carbons (Fsp3) is 0.617. The van der Waals surface area contributed by atoms with E-state index in [1.807, 2.05) is 53.7 Å². The van der Waals surface area contributed by atoms with Crippen molar-refractivity contribution in [1.82, 2.24) is 34.5 Å². The normalized spacial score (nSPS) is 13.7. The molecule has 0 bridgehead atoms. The van der Waals surface area contributed by atoms with Crippen molar-refractivity contribution in [2.45, 2.75) is 519 Å². The van der Waals surface area contributed by atoms with Crippen molar-refractivity contribution in [3.8, 4) is 0 Å². The number of thiophene rings is 2. The summed E-state index contributed by atoms with van der Waals surface area (Å²) in [6.45, 7) is 133. The van der Waals surface area contributed by atoms with E-state index in [-0.39, 0.29) is 86.6 Å². The first kappa shape index (κ1) is 129. The minimum atomic E-state index is 0.0381. The summed E-state index contributed by atoms with van der Waals surface area (Å²) in [5, 5.41) is 2.69. The van der Waals surface area contributed by atoms with E-state index in [2.05, 4.69) is 590 Å². The van der Waals surface area contributed by atoms with Crippen LogP contribution in [0.5, 0.6) is 0 Å². The molecule has 0 atom stereocenters. The van der Waals surface area contributed by atoms with Gasteiger partial charge in [0.25, 0.3) is 0 Å². The maximum absolute atomic E-state index is 5.81. The van der Waals surface area contributed by atoms with Crippen molar-refractivity contribution in [3.63, 3.8) is 0 Å². The minimum Gasteiger partial charge on any atom is -0.465 e. The zero-order valence-corrected chi connectivity index (χ0v) is 105. The van der Waals surface area contributed by atoms with Gasteiger partial charge in [0, 0.05) is 134 Å². The van der Waals surface area contributed by atoms with Gasteiger partial charge >= 0.3 is 0 Å². The van der Waals surface area contributed by atoms with Gasteiger partial charge in [-0.05, 0) is 177 Å². The molecule has 8 heterocycles. The second-order valence-corrected chi connectivity index (χ2v) is 63.2. The lowest BCUT2D eigenvalue weighted by molar-refractivity contribution is 0.344. The van der Waals surface area contributed by atoms with Crippen molar-refractivity contribution in [2.75, 3.05) is 0 Å². The van der Waals surface area contributed by atoms with Crippen LogP contribution in [-0.2, 0) is 105 Å². The van der Waals surface area contributed by atoms with Gasteiger partial charge in [-0.2, -0.15) is 0 Å². The van der Waals surface area contributed by atoms with Gasteiger partial charge in [0.2, 0.25) is 0 Å². The Morgan fingerprint density at radius 3 is 0.818 bits per heavy atom. The lowest BCUT2D eigenvalue weighted by Crippen LogP contribution is -2.21. The van der Waals surface area contributed by atoms with E-state index in [4.69, 9.17) is 4.42 Å². The van der Waals surface area contributed by atoms with E-state index in [0.29, 0.717) is 21.7 Å². The molecule has 0 amide bonds. The summed E-state index contributed by atoms with van der Waals surface area (Å²) in [6, 6.07) is 44.8. The number of aromatic nitrogens is 7. The molecule has 0 radical (unpaired) electrons. The van der Waals surface area contributed by atoms with Crippen LogP contribution < -0.4 is 0 Å². The second-order valence-electron chi connectivity index (χ2n) is 61.0. The number of benzene rings is 3.